The van der Waals surface area contributed by atoms with Crippen molar-refractivity contribution in [3.8, 4) is 11.5 Å². The number of carboxylic acid groups (broad SMARTS) is 1. The van der Waals surface area contributed by atoms with Crippen molar-refractivity contribution in [2.45, 2.75) is 37.8 Å². The SMILES string of the molecule is COC(=O)[C@H](Cc1ccccc1)NC(=O)[C@H](CC(=O)O)NCCCc1cc(OC)cc(OC)c1. The number of hydrogen-bond donors (Lipinski definition) is 3. The van der Waals surface area contributed by atoms with E-state index in [9.17, 15) is 19.5 Å². The lowest BCUT2D eigenvalue weighted by molar-refractivity contribution is -0.145. The van der Waals surface area contributed by atoms with E-state index in [1.165, 1.54) is 7.11 Å². The van der Waals surface area contributed by atoms with Crippen molar-refractivity contribution in [3.63, 3.8) is 0 Å². The van der Waals surface area contributed by atoms with Crippen LogP contribution in [0.4, 0.5) is 0 Å². The predicted octanol–water partition coefficient (Wildman–Crippen LogP) is 1.97. The van der Waals surface area contributed by atoms with E-state index >= 15 is 0 Å². The van der Waals surface area contributed by atoms with Gasteiger partial charge in [-0.15, -0.1) is 0 Å². The molecule has 0 bridgehead atoms. The number of carbonyl (C=O) groups excluding carboxylic acids is 2. The molecule has 184 valence electrons. The first-order valence-corrected chi connectivity index (χ1v) is 11.0. The molecule has 0 heterocycles. The van der Waals surface area contributed by atoms with Crippen molar-refractivity contribution in [1.82, 2.24) is 10.6 Å². The largest absolute Gasteiger partial charge is 0.497 e. The Morgan fingerprint density at radius 2 is 1.56 bits per heavy atom. The van der Waals surface area contributed by atoms with Crippen molar-refractivity contribution in [2.24, 2.45) is 0 Å². The summed E-state index contributed by atoms with van der Waals surface area (Å²) < 4.78 is 15.4. The predicted molar refractivity (Wildman–Crippen MR) is 126 cm³/mol. The molecule has 2 rings (SSSR count). The molecule has 2 aromatic rings. The highest BCUT2D eigenvalue weighted by molar-refractivity contribution is 5.90. The number of aliphatic carboxylic acids is 1. The third-order valence-corrected chi connectivity index (χ3v) is 5.22. The van der Waals surface area contributed by atoms with Crippen LogP contribution in [0.1, 0.15) is 24.0 Å². The quantitative estimate of drug-likeness (QED) is 0.282. The molecule has 2 aromatic carbocycles. The van der Waals surface area contributed by atoms with Gasteiger partial charge < -0.3 is 30.0 Å². The lowest BCUT2D eigenvalue weighted by Gasteiger charge is -2.21. The number of carboxylic acids is 1. The number of aryl methyl sites for hydroxylation is 1. The molecule has 0 saturated heterocycles. The molecule has 34 heavy (non-hydrogen) atoms. The van der Waals surface area contributed by atoms with E-state index in [0.29, 0.717) is 30.9 Å². The zero-order valence-electron chi connectivity index (χ0n) is 19.7. The maximum absolute atomic E-state index is 12.9. The van der Waals surface area contributed by atoms with E-state index in [2.05, 4.69) is 10.6 Å². The van der Waals surface area contributed by atoms with E-state index in [1.54, 1.807) is 20.3 Å². The number of carbonyl (C=O) groups is 3. The molecule has 0 unspecified atom stereocenters. The summed E-state index contributed by atoms with van der Waals surface area (Å²) in [7, 11) is 4.40. The van der Waals surface area contributed by atoms with Crippen LogP contribution < -0.4 is 20.1 Å². The van der Waals surface area contributed by atoms with Gasteiger partial charge in [-0.05, 0) is 42.6 Å². The molecule has 0 aromatic heterocycles. The molecule has 0 aliphatic carbocycles. The highest BCUT2D eigenvalue weighted by atomic mass is 16.5. The van der Waals surface area contributed by atoms with E-state index < -0.39 is 36.4 Å². The third-order valence-electron chi connectivity index (χ3n) is 5.22. The van der Waals surface area contributed by atoms with E-state index in [0.717, 1.165) is 11.1 Å². The maximum atomic E-state index is 12.9. The maximum Gasteiger partial charge on any atom is 0.328 e. The van der Waals surface area contributed by atoms with E-state index in [1.807, 2.05) is 42.5 Å². The highest BCUT2D eigenvalue weighted by Crippen LogP contribution is 2.23. The second kappa shape index (κ2) is 13.8. The summed E-state index contributed by atoms with van der Waals surface area (Å²) >= 11 is 0. The lowest BCUT2D eigenvalue weighted by atomic mass is 10.0. The topological polar surface area (TPSA) is 123 Å². The fourth-order valence-electron chi connectivity index (χ4n) is 3.47. The highest BCUT2D eigenvalue weighted by Gasteiger charge is 2.27. The number of benzene rings is 2. The summed E-state index contributed by atoms with van der Waals surface area (Å²) in [4.78, 5) is 36.4. The number of nitrogens with one attached hydrogen (secondary N) is 2. The van der Waals surface area contributed by atoms with Crippen molar-refractivity contribution >= 4 is 17.8 Å². The van der Waals surface area contributed by atoms with Crippen LogP contribution in [0.25, 0.3) is 0 Å². The lowest BCUT2D eigenvalue weighted by Crippen LogP contribution is -2.52. The van der Waals surface area contributed by atoms with Gasteiger partial charge in [-0.2, -0.15) is 0 Å². The summed E-state index contributed by atoms with van der Waals surface area (Å²) in [5.74, 6) is -0.937. The molecule has 0 fully saturated rings. The number of amides is 1. The first-order chi connectivity index (χ1) is 16.4. The Labute approximate surface area is 199 Å². The Bertz CT molecular complexity index is 927. The Morgan fingerprint density at radius 1 is 0.912 bits per heavy atom. The van der Waals surface area contributed by atoms with Crippen LogP contribution in [0.2, 0.25) is 0 Å². The molecule has 9 heteroatoms. The van der Waals surface area contributed by atoms with Crippen LogP contribution in [0.3, 0.4) is 0 Å². The Balaban J connectivity index is 1.98. The first-order valence-electron chi connectivity index (χ1n) is 11.0. The molecule has 1 amide bonds. The second-order valence-corrected chi connectivity index (χ2v) is 7.70. The van der Waals surface area contributed by atoms with Crippen molar-refractivity contribution in [2.75, 3.05) is 27.9 Å². The summed E-state index contributed by atoms with van der Waals surface area (Å²) in [5, 5.41) is 14.9. The fourth-order valence-corrected chi connectivity index (χ4v) is 3.47. The number of methoxy groups -OCH3 is 3. The average molecular weight is 473 g/mol. The van der Waals surface area contributed by atoms with Crippen LogP contribution >= 0.6 is 0 Å². The van der Waals surface area contributed by atoms with E-state index in [-0.39, 0.29) is 6.42 Å². The molecule has 0 aliphatic heterocycles. The zero-order valence-corrected chi connectivity index (χ0v) is 19.7. The minimum absolute atomic E-state index is 0.233. The standard InChI is InChI=1S/C25H32N2O7/c1-32-19-12-18(13-20(15-19)33-2)10-7-11-26-21(16-23(28)29)24(30)27-22(25(31)34-3)14-17-8-5-4-6-9-17/h4-6,8-9,12-13,15,21-22,26H,7,10-11,14,16H2,1-3H3,(H,27,30)(H,28,29)/t21-,22-/m0/s1. The van der Waals surface area contributed by atoms with Gasteiger partial charge in [0, 0.05) is 12.5 Å². The zero-order chi connectivity index (χ0) is 24.9. The van der Waals surface area contributed by atoms with Gasteiger partial charge in [-0.3, -0.25) is 9.59 Å². The Morgan fingerprint density at radius 3 is 2.12 bits per heavy atom. The van der Waals surface area contributed by atoms with Crippen molar-refractivity contribution in [3.05, 3.63) is 59.7 Å². The normalized spacial score (nSPS) is 12.3. The van der Waals surface area contributed by atoms with Crippen LogP contribution in [-0.4, -0.2) is 62.9 Å². The summed E-state index contributed by atoms with van der Waals surface area (Å²) in [5.41, 5.74) is 1.83. The number of esters is 1. The smallest absolute Gasteiger partial charge is 0.328 e. The van der Waals surface area contributed by atoms with Gasteiger partial charge in [-0.1, -0.05) is 30.3 Å². The second-order valence-electron chi connectivity index (χ2n) is 7.70. The van der Waals surface area contributed by atoms with Crippen LogP contribution in [0.15, 0.2) is 48.5 Å². The van der Waals surface area contributed by atoms with Crippen LogP contribution in [-0.2, 0) is 32.0 Å². The van der Waals surface area contributed by atoms with Gasteiger partial charge in [0.25, 0.3) is 0 Å². The van der Waals surface area contributed by atoms with Gasteiger partial charge in [0.05, 0.1) is 33.8 Å². The minimum Gasteiger partial charge on any atom is -0.497 e. The Hall–Kier alpha value is -3.59. The molecule has 0 radical (unpaired) electrons. The monoisotopic (exact) mass is 472 g/mol. The number of rotatable bonds is 14. The average Bonchev–Trinajstić information content (AvgIpc) is 2.84. The molecule has 0 saturated carbocycles. The summed E-state index contributed by atoms with van der Waals surface area (Å²) in [6.07, 6.45) is 1.12. The molecule has 3 N–H and O–H groups in total. The number of ether oxygens (including phenoxy) is 3. The number of hydrogen-bond acceptors (Lipinski definition) is 7. The molecular weight excluding hydrogens is 440 g/mol. The van der Waals surface area contributed by atoms with E-state index in [4.69, 9.17) is 14.2 Å². The molecular formula is C25H32N2O7. The van der Waals surface area contributed by atoms with Gasteiger partial charge >= 0.3 is 11.9 Å². The van der Waals surface area contributed by atoms with Gasteiger partial charge in [0.1, 0.15) is 17.5 Å². The van der Waals surface area contributed by atoms with Crippen molar-refractivity contribution < 1.29 is 33.7 Å². The molecule has 0 spiro atoms. The molecule has 0 aliphatic rings. The van der Waals surface area contributed by atoms with Crippen molar-refractivity contribution in [1.29, 1.82) is 0 Å². The van der Waals surface area contributed by atoms with Gasteiger partial charge in [0.2, 0.25) is 5.91 Å². The fraction of sp³-hybridized carbons (Fsp3) is 0.400. The van der Waals surface area contributed by atoms with Crippen LogP contribution in [0, 0.1) is 0 Å². The minimum atomic E-state index is -1.12. The Kier molecular flexibility index (Phi) is 10.9. The first kappa shape index (κ1) is 26.7. The third kappa shape index (κ3) is 8.74. The summed E-state index contributed by atoms with van der Waals surface area (Å²) in [6, 6.07) is 12.8. The van der Waals surface area contributed by atoms with Gasteiger partial charge in [0.15, 0.2) is 0 Å². The molecule has 9 nitrogen and oxygen atoms in total. The summed E-state index contributed by atoms with van der Waals surface area (Å²) in [6.45, 7) is 0.395. The van der Waals surface area contributed by atoms with Gasteiger partial charge in [-0.25, -0.2) is 4.79 Å². The van der Waals surface area contributed by atoms with Crippen LogP contribution in [0.5, 0.6) is 11.5 Å². The molecule has 2 atom stereocenters.